The first-order valence-corrected chi connectivity index (χ1v) is 6.36. The maximum absolute atomic E-state index is 3.88. The predicted molar refractivity (Wildman–Crippen MR) is 85.5 cm³/mol. The van der Waals surface area contributed by atoms with Crippen LogP contribution in [0, 0.1) is 0 Å². The zero-order chi connectivity index (χ0) is 13.7. The van der Waals surface area contributed by atoms with Gasteiger partial charge in [-0.15, -0.1) is 0 Å². The van der Waals surface area contributed by atoms with E-state index in [1.807, 2.05) is 26.2 Å². The lowest BCUT2D eigenvalue weighted by Gasteiger charge is -2.11. The van der Waals surface area contributed by atoms with Gasteiger partial charge in [0.15, 0.2) is 0 Å². The molecular formula is C18H19N. The molecule has 0 heterocycles. The summed E-state index contributed by atoms with van der Waals surface area (Å²) in [6.45, 7) is 3.88. The minimum atomic E-state index is 1.04. The smallest absolute Gasteiger partial charge is 0.0361 e. The van der Waals surface area contributed by atoms with E-state index in [0.717, 1.165) is 5.22 Å². The van der Waals surface area contributed by atoms with Crippen LogP contribution >= 0.6 is 0 Å². The fourth-order valence-electron chi connectivity index (χ4n) is 1.78. The predicted octanol–water partition coefficient (Wildman–Crippen LogP) is 2.66. The molecule has 0 amide bonds. The van der Waals surface area contributed by atoms with Gasteiger partial charge < -0.3 is 4.90 Å². The second kappa shape index (κ2) is 6.05. The first-order chi connectivity index (χ1) is 9.15. The van der Waals surface area contributed by atoms with Crippen molar-refractivity contribution in [3.63, 3.8) is 0 Å². The molecule has 0 radical (unpaired) electrons. The Hall–Kier alpha value is -2.28. The van der Waals surface area contributed by atoms with Gasteiger partial charge >= 0.3 is 0 Å². The molecule has 0 aromatic heterocycles. The average molecular weight is 249 g/mol. The normalized spacial score (nSPS) is 10.6. The van der Waals surface area contributed by atoms with E-state index >= 15 is 0 Å². The zero-order valence-electron chi connectivity index (χ0n) is 11.5. The van der Waals surface area contributed by atoms with Gasteiger partial charge in [-0.1, -0.05) is 61.2 Å². The van der Waals surface area contributed by atoms with Crippen molar-refractivity contribution in [3.8, 4) is 0 Å². The lowest BCUT2D eigenvalue weighted by atomic mass is 10.2. The molecule has 0 spiro atoms. The van der Waals surface area contributed by atoms with Crippen LogP contribution in [0.1, 0.15) is 5.56 Å². The number of hydrogen-bond donors (Lipinski definition) is 0. The van der Waals surface area contributed by atoms with Crippen molar-refractivity contribution < 1.29 is 0 Å². The number of nitrogens with zero attached hydrogens (tertiary/aromatic N) is 1. The van der Waals surface area contributed by atoms with Crippen LogP contribution in [0.4, 0.5) is 5.69 Å². The Balaban J connectivity index is 2.12. The average Bonchev–Trinajstić information content (AvgIpc) is 2.41. The van der Waals surface area contributed by atoms with Crippen molar-refractivity contribution in [3.05, 3.63) is 70.6 Å². The Kier molecular flexibility index (Phi) is 4.19. The van der Waals surface area contributed by atoms with Gasteiger partial charge in [-0.3, -0.25) is 0 Å². The largest absolute Gasteiger partial charge is 0.378 e. The Morgan fingerprint density at radius 1 is 0.895 bits per heavy atom. The van der Waals surface area contributed by atoms with Crippen LogP contribution in [0.3, 0.4) is 0 Å². The highest BCUT2D eigenvalue weighted by atomic mass is 15.1. The summed E-state index contributed by atoms with van der Waals surface area (Å²) >= 11 is 0. The topological polar surface area (TPSA) is 3.24 Å². The summed E-state index contributed by atoms with van der Waals surface area (Å²) in [5, 5.41) is 2.23. The van der Waals surface area contributed by atoms with E-state index in [2.05, 4.69) is 66.1 Å². The van der Waals surface area contributed by atoms with E-state index in [1.54, 1.807) is 0 Å². The van der Waals surface area contributed by atoms with E-state index in [0.29, 0.717) is 0 Å². The summed E-state index contributed by atoms with van der Waals surface area (Å²) in [6.07, 6.45) is 6.28. The monoisotopic (exact) mass is 249 g/mol. The van der Waals surface area contributed by atoms with Crippen LogP contribution in [-0.4, -0.2) is 14.1 Å². The lowest BCUT2D eigenvalue weighted by Crippen LogP contribution is -2.07. The standard InChI is InChI=1S/C18H19N/c1-15-7-9-16(10-8-15)5-4-6-17-11-13-18(14-12-17)19(2)3/h4-14H,1H2,2-3H3/b6-4+. The van der Waals surface area contributed by atoms with Gasteiger partial charge in [0.05, 0.1) is 0 Å². The SMILES string of the molecule is C=c1ccc(=C/C=C/c2ccc(N(C)C)cc2)cc1. The van der Waals surface area contributed by atoms with E-state index in [4.69, 9.17) is 0 Å². The van der Waals surface area contributed by atoms with Gasteiger partial charge in [0.25, 0.3) is 0 Å². The molecule has 0 N–H and O–H groups in total. The summed E-state index contributed by atoms with van der Waals surface area (Å²) in [7, 11) is 4.09. The van der Waals surface area contributed by atoms with Crippen LogP contribution in [-0.2, 0) is 0 Å². The molecular weight excluding hydrogens is 230 g/mol. The van der Waals surface area contributed by atoms with E-state index in [-0.39, 0.29) is 0 Å². The second-order valence-electron chi connectivity index (χ2n) is 4.75. The molecule has 0 unspecified atom stereocenters. The van der Waals surface area contributed by atoms with Gasteiger partial charge in [0.2, 0.25) is 0 Å². The molecule has 0 saturated heterocycles. The summed E-state index contributed by atoms with van der Waals surface area (Å²) in [4.78, 5) is 2.10. The van der Waals surface area contributed by atoms with Crippen molar-refractivity contribution in [1.29, 1.82) is 0 Å². The molecule has 2 aromatic carbocycles. The number of rotatable bonds is 3. The van der Waals surface area contributed by atoms with Crippen molar-refractivity contribution in [2.45, 2.75) is 0 Å². The van der Waals surface area contributed by atoms with Gasteiger partial charge in [-0.05, 0) is 28.1 Å². The summed E-state index contributed by atoms with van der Waals surface area (Å²) in [5.41, 5.74) is 2.42. The van der Waals surface area contributed by atoms with Gasteiger partial charge in [-0.2, -0.15) is 0 Å². The molecule has 2 rings (SSSR count). The van der Waals surface area contributed by atoms with Crippen LogP contribution in [0.15, 0.2) is 54.6 Å². The maximum atomic E-state index is 3.88. The fraction of sp³-hybridized carbons (Fsp3) is 0.111. The quantitative estimate of drug-likeness (QED) is 0.808. The molecule has 0 aliphatic rings. The van der Waals surface area contributed by atoms with Crippen LogP contribution < -0.4 is 15.3 Å². The van der Waals surface area contributed by atoms with Crippen LogP contribution in [0.2, 0.25) is 0 Å². The Morgan fingerprint density at radius 2 is 1.53 bits per heavy atom. The minimum absolute atomic E-state index is 1.04. The second-order valence-corrected chi connectivity index (χ2v) is 4.75. The first-order valence-electron chi connectivity index (χ1n) is 6.36. The number of hydrogen-bond acceptors (Lipinski definition) is 1. The summed E-state index contributed by atoms with van der Waals surface area (Å²) in [6, 6.07) is 16.7. The van der Waals surface area contributed by atoms with Crippen LogP contribution in [0.25, 0.3) is 18.7 Å². The van der Waals surface area contributed by atoms with E-state index < -0.39 is 0 Å². The first kappa shape index (κ1) is 13.2. The summed E-state index contributed by atoms with van der Waals surface area (Å²) in [5.74, 6) is 0. The zero-order valence-corrected chi connectivity index (χ0v) is 11.5. The Bertz CT molecular complexity index is 640. The highest BCUT2D eigenvalue weighted by Gasteiger charge is 1.92. The van der Waals surface area contributed by atoms with Crippen molar-refractivity contribution in [2.24, 2.45) is 0 Å². The van der Waals surface area contributed by atoms with E-state index in [9.17, 15) is 0 Å². The number of benzene rings is 2. The number of anilines is 1. The molecule has 0 aliphatic carbocycles. The summed E-state index contributed by atoms with van der Waals surface area (Å²) < 4.78 is 0. The van der Waals surface area contributed by atoms with Crippen molar-refractivity contribution >= 4 is 24.4 Å². The molecule has 0 saturated carbocycles. The third-order valence-electron chi connectivity index (χ3n) is 2.97. The Labute approximate surface area is 114 Å². The molecule has 1 nitrogen and oxygen atoms in total. The molecule has 1 heteroatoms. The van der Waals surface area contributed by atoms with E-state index in [1.165, 1.54) is 16.5 Å². The molecule has 2 aromatic rings. The third-order valence-corrected chi connectivity index (χ3v) is 2.97. The highest BCUT2D eigenvalue weighted by Crippen LogP contribution is 2.12. The highest BCUT2D eigenvalue weighted by molar-refractivity contribution is 5.60. The molecule has 0 bridgehead atoms. The fourth-order valence-corrected chi connectivity index (χ4v) is 1.78. The molecule has 0 atom stereocenters. The van der Waals surface area contributed by atoms with Crippen molar-refractivity contribution in [1.82, 2.24) is 0 Å². The molecule has 0 aliphatic heterocycles. The minimum Gasteiger partial charge on any atom is -0.378 e. The van der Waals surface area contributed by atoms with Crippen molar-refractivity contribution in [2.75, 3.05) is 19.0 Å². The maximum Gasteiger partial charge on any atom is 0.0361 e. The third kappa shape index (κ3) is 3.85. The van der Waals surface area contributed by atoms with Gasteiger partial charge in [-0.25, -0.2) is 0 Å². The number of allylic oxidation sites excluding steroid dienone is 1. The molecule has 0 fully saturated rings. The van der Waals surface area contributed by atoms with Gasteiger partial charge in [0, 0.05) is 19.8 Å². The molecule has 96 valence electrons. The lowest BCUT2D eigenvalue weighted by molar-refractivity contribution is 1.13. The van der Waals surface area contributed by atoms with Gasteiger partial charge in [0.1, 0.15) is 0 Å². The molecule has 19 heavy (non-hydrogen) atoms. The van der Waals surface area contributed by atoms with Crippen LogP contribution in [0.5, 0.6) is 0 Å². The Morgan fingerprint density at radius 3 is 2.11 bits per heavy atom.